The molecule has 0 saturated carbocycles. The molecule has 0 atom stereocenters. The predicted octanol–water partition coefficient (Wildman–Crippen LogP) is 2.16. The van der Waals surface area contributed by atoms with Crippen LogP contribution in [0.3, 0.4) is 0 Å². The summed E-state index contributed by atoms with van der Waals surface area (Å²) in [4.78, 5) is 12.4. The fourth-order valence-electron chi connectivity index (χ4n) is 2.65. The van der Waals surface area contributed by atoms with Crippen LogP contribution in [0.4, 0.5) is 0 Å². The standard InChI is InChI=1S/C17H14N4O2/c1-20-16(22)13-9-5-6-10-14(13)21-15(18-19-17(20)21)11-23-12-7-3-2-4-8-12/h2-10H,11H2,1H3. The van der Waals surface area contributed by atoms with Gasteiger partial charge in [0.15, 0.2) is 5.82 Å². The highest BCUT2D eigenvalue weighted by Gasteiger charge is 2.14. The number of para-hydroxylation sites is 2. The molecule has 4 rings (SSSR count). The smallest absolute Gasteiger partial charge is 0.262 e. The van der Waals surface area contributed by atoms with Crippen LogP contribution in [0, 0.1) is 0 Å². The minimum atomic E-state index is -0.0870. The first-order chi connectivity index (χ1) is 11.3. The average Bonchev–Trinajstić information content (AvgIpc) is 3.03. The first-order valence-electron chi connectivity index (χ1n) is 7.25. The highest BCUT2D eigenvalue weighted by Crippen LogP contribution is 2.16. The molecular formula is C17H14N4O2. The van der Waals surface area contributed by atoms with Gasteiger partial charge in [-0.1, -0.05) is 30.3 Å². The third kappa shape index (κ3) is 2.15. The minimum absolute atomic E-state index is 0.0870. The van der Waals surface area contributed by atoms with E-state index < -0.39 is 0 Å². The van der Waals surface area contributed by atoms with Gasteiger partial charge in [-0.25, -0.2) is 0 Å². The lowest BCUT2D eigenvalue weighted by Gasteiger charge is -2.08. The Hall–Kier alpha value is -3.15. The van der Waals surface area contributed by atoms with Gasteiger partial charge in [0.25, 0.3) is 5.56 Å². The molecule has 0 spiro atoms. The Labute approximate surface area is 131 Å². The summed E-state index contributed by atoms with van der Waals surface area (Å²) in [5, 5.41) is 8.96. The molecule has 4 aromatic rings. The number of aromatic nitrogens is 4. The molecule has 114 valence electrons. The van der Waals surface area contributed by atoms with E-state index in [4.69, 9.17) is 4.74 Å². The van der Waals surface area contributed by atoms with Crippen LogP contribution in [0.1, 0.15) is 5.82 Å². The lowest BCUT2D eigenvalue weighted by Crippen LogP contribution is -2.20. The van der Waals surface area contributed by atoms with Gasteiger partial charge in [0.2, 0.25) is 5.78 Å². The van der Waals surface area contributed by atoms with Crippen LogP contribution in [0.5, 0.6) is 5.75 Å². The Kier molecular flexibility index (Phi) is 3.08. The van der Waals surface area contributed by atoms with Crippen LogP contribution < -0.4 is 10.3 Å². The van der Waals surface area contributed by atoms with E-state index in [1.807, 2.05) is 52.9 Å². The lowest BCUT2D eigenvalue weighted by molar-refractivity contribution is 0.295. The molecule has 0 aliphatic heterocycles. The minimum Gasteiger partial charge on any atom is -0.486 e. The van der Waals surface area contributed by atoms with Crippen molar-refractivity contribution < 1.29 is 4.74 Å². The second kappa shape index (κ2) is 5.24. The van der Waals surface area contributed by atoms with Crippen molar-refractivity contribution in [3.8, 4) is 5.75 Å². The molecule has 0 aliphatic rings. The quantitative estimate of drug-likeness (QED) is 0.582. The third-order valence-corrected chi connectivity index (χ3v) is 3.80. The Morgan fingerprint density at radius 2 is 1.74 bits per heavy atom. The normalized spacial score (nSPS) is 11.2. The molecule has 6 heteroatoms. The lowest BCUT2D eigenvalue weighted by atomic mass is 10.2. The number of hydrogen-bond acceptors (Lipinski definition) is 4. The topological polar surface area (TPSA) is 61.4 Å². The summed E-state index contributed by atoms with van der Waals surface area (Å²) in [5.41, 5.74) is 0.693. The first-order valence-corrected chi connectivity index (χ1v) is 7.25. The average molecular weight is 306 g/mol. The summed E-state index contributed by atoms with van der Waals surface area (Å²) in [6, 6.07) is 17.0. The van der Waals surface area contributed by atoms with Gasteiger partial charge < -0.3 is 4.74 Å². The van der Waals surface area contributed by atoms with E-state index >= 15 is 0 Å². The SMILES string of the molecule is Cn1c(=O)c2ccccc2n2c(COc3ccccc3)nnc12. The van der Waals surface area contributed by atoms with Crippen molar-refractivity contribution in [2.45, 2.75) is 6.61 Å². The Morgan fingerprint density at radius 1 is 1.00 bits per heavy atom. The molecule has 2 aromatic carbocycles. The van der Waals surface area contributed by atoms with Gasteiger partial charge in [-0.05, 0) is 24.3 Å². The summed E-state index contributed by atoms with van der Waals surface area (Å²) < 4.78 is 9.13. The monoisotopic (exact) mass is 306 g/mol. The van der Waals surface area contributed by atoms with Gasteiger partial charge >= 0.3 is 0 Å². The summed E-state index contributed by atoms with van der Waals surface area (Å²) in [7, 11) is 1.70. The zero-order valence-corrected chi connectivity index (χ0v) is 12.5. The number of benzene rings is 2. The zero-order valence-electron chi connectivity index (χ0n) is 12.5. The van der Waals surface area contributed by atoms with Crippen molar-refractivity contribution in [3.63, 3.8) is 0 Å². The molecule has 0 radical (unpaired) electrons. The number of aryl methyl sites for hydroxylation is 1. The van der Waals surface area contributed by atoms with Gasteiger partial charge in [0, 0.05) is 7.05 Å². The molecule has 2 heterocycles. The number of hydrogen-bond donors (Lipinski definition) is 0. The molecule has 0 amide bonds. The highest BCUT2D eigenvalue weighted by atomic mass is 16.5. The highest BCUT2D eigenvalue weighted by molar-refractivity contribution is 5.80. The van der Waals surface area contributed by atoms with Crippen LogP contribution in [0.2, 0.25) is 0 Å². The second-order valence-corrected chi connectivity index (χ2v) is 5.23. The fraction of sp³-hybridized carbons (Fsp3) is 0.118. The van der Waals surface area contributed by atoms with Crippen molar-refractivity contribution in [2.24, 2.45) is 7.05 Å². The molecule has 0 bridgehead atoms. The van der Waals surface area contributed by atoms with E-state index in [0.29, 0.717) is 17.0 Å². The largest absolute Gasteiger partial charge is 0.486 e. The van der Waals surface area contributed by atoms with Crippen molar-refractivity contribution in [1.82, 2.24) is 19.2 Å². The van der Waals surface area contributed by atoms with Crippen molar-refractivity contribution in [3.05, 3.63) is 70.8 Å². The van der Waals surface area contributed by atoms with Gasteiger partial charge in [-0.15, -0.1) is 10.2 Å². The number of ether oxygens (including phenoxy) is 1. The Balaban J connectivity index is 1.87. The summed E-state index contributed by atoms with van der Waals surface area (Å²) in [5.74, 6) is 1.91. The molecule has 23 heavy (non-hydrogen) atoms. The summed E-state index contributed by atoms with van der Waals surface area (Å²) >= 11 is 0. The molecule has 0 fully saturated rings. The molecule has 0 unspecified atom stereocenters. The van der Waals surface area contributed by atoms with Crippen LogP contribution in [-0.2, 0) is 13.7 Å². The maximum absolute atomic E-state index is 12.4. The van der Waals surface area contributed by atoms with Crippen molar-refractivity contribution in [2.75, 3.05) is 0 Å². The Bertz CT molecular complexity index is 1050. The number of nitrogens with zero attached hydrogens (tertiary/aromatic N) is 4. The van der Waals surface area contributed by atoms with Crippen LogP contribution in [-0.4, -0.2) is 19.2 Å². The second-order valence-electron chi connectivity index (χ2n) is 5.23. The van der Waals surface area contributed by atoms with Crippen molar-refractivity contribution >= 4 is 16.7 Å². The van der Waals surface area contributed by atoms with Crippen LogP contribution in [0.25, 0.3) is 16.7 Å². The maximum atomic E-state index is 12.4. The molecular weight excluding hydrogens is 292 g/mol. The van der Waals surface area contributed by atoms with E-state index in [0.717, 1.165) is 11.3 Å². The number of rotatable bonds is 3. The van der Waals surface area contributed by atoms with Crippen LogP contribution >= 0.6 is 0 Å². The van der Waals surface area contributed by atoms with Gasteiger partial charge in [0.1, 0.15) is 12.4 Å². The fourth-order valence-corrected chi connectivity index (χ4v) is 2.65. The van der Waals surface area contributed by atoms with E-state index in [2.05, 4.69) is 10.2 Å². The van der Waals surface area contributed by atoms with E-state index in [-0.39, 0.29) is 12.2 Å². The predicted molar refractivity (Wildman–Crippen MR) is 86.5 cm³/mol. The molecule has 0 saturated heterocycles. The first kappa shape index (κ1) is 13.5. The molecule has 0 N–H and O–H groups in total. The molecule has 2 aromatic heterocycles. The van der Waals surface area contributed by atoms with Gasteiger partial charge in [0.05, 0.1) is 10.9 Å². The Morgan fingerprint density at radius 3 is 2.57 bits per heavy atom. The van der Waals surface area contributed by atoms with Gasteiger partial charge in [-0.3, -0.25) is 13.8 Å². The summed E-state index contributed by atoms with van der Waals surface area (Å²) in [6.07, 6.45) is 0. The molecule has 6 nitrogen and oxygen atoms in total. The third-order valence-electron chi connectivity index (χ3n) is 3.80. The van der Waals surface area contributed by atoms with Crippen molar-refractivity contribution in [1.29, 1.82) is 0 Å². The number of fused-ring (bicyclic) bond motifs is 3. The van der Waals surface area contributed by atoms with Gasteiger partial charge in [-0.2, -0.15) is 0 Å². The zero-order chi connectivity index (χ0) is 15.8. The van der Waals surface area contributed by atoms with E-state index in [9.17, 15) is 4.79 Å². The summed E-state index contributed by atoms with van der Waals surface area (Å²) in [6.45, 7) is 0.271. The maximum Gasteiger partial charge on any atom is 0.262 e. The van der Waals surface area contributed by atoms with Crippen LogP contribution in [0.15, 0.2) is 59.4 Å². The van der Waals surface area contributed by atoms with E-state index in [1.54, 1.807) is 13.1 Å². The van der Waals surface area contributed by atoms with E-state index in [1.165, 1.54) is 4.57 Å². The molecule has 0 aliphatic carbocycles.